The number of carbonyl (C=O) groups is 1. The van der Waals surface area contributed by atoms with Crippen molar-refractivity contribution in [2.45, 2.75) is 31.2 Å². The molecule has 4 heterocycles. The lowest BCUT2D eigenvalue weighted by Gasteiger charge is -2.42. The number of anilines is 2. The number of alkyl halides is 5. The van der Waals surface area contributed by atoms with Gasteiger partial charge < -0.3 is 29.4 Å². The number of halogens is 5. The summed E-state index contributed by atoms with van der Waals surface area (Å²) in [4.78, 5) is 38.6. The lowest BCUT2D eigenvalue weighted by atomic mass is 9.99. The minimum absolute atomic E-state index is 0.110. The summed E-state index contributed by atoms with van der Waals surface area (Å²) in [7, 11) is 3.72. The van der Waals surface area contributed by atoms with Gasteiger partial charge in [0.25, 0.3) is 11.5 Å². The first kappa shape index (κ1) is 26.3. The van der Waals surface area contributed by atoms with E-state index >= 15 is 8.78 Å². The molecular weight excluding hydrogens is 505 g/mol. The van der Waals surface area contributed by atoms with Gasteiger partial charge in [-0.15, -0.1) is 0 Å². The van der Waals surface area contributed by atoms with Gasteiger partial charge in [-0.25, -0.2) is 23.5 Å². The topological polar surface area (TPSA) is 108 Å². The molecule has 1 atom stereocenters. The number of H-pyrrole nitrogens is 1. The maximum atomic E-state index is 15.2. The summed E-state index contributed by atoms with van der Waals surface area (Å²) >= 11 is 0. The van der Waals surface area contributed by atoms with E-state index in [0.29, 0.717) is 39.5 Å². The van der Waals surface area contributed by atoms with Crippen LogP contribution in [0.15, 0.2) is 29.3 Å². The first-order valence-electron chi connectivity index (χ1n) is 11.1. The Bertz CT molecular complexity index is 1370. The fourth-order valence-electron chi connectivity index (χ4n) is 4.23. The van der Waals surface area contributed by atoms with E-state index in [1.165, 1.54) is 18.2 Å². The fourth-order valence-corrected chi connectivity index (χ4v) is 4.23. The molecule has 37 heavy (non-hydrogen) atoms. The van der Waals surface area contributed by atoms with Crippen molar-refractivity contribution in [1.82, 2.24) is 24.4 Å². The largest absolute Gasteiger partial charge is 0.417 e. The van der Waals surface area contributed by atoms with Crippen LogP contribution in [-0.4, -0.2) is 69.7 Å². The number of aryl methyl sites for hydroxylation is 1. The van der Waals surface area contributed by atoms with Crippen molar-refractivity contribution in [3.05, 3.63) is 46.1 Å². The number of piperidine rings is 1. The van der Waals surface area contributed by atoms with Crippen LogP contribution in [-0.2, 0) is 24.6 Å². The Morgan fingerprint density at radius 3 is 2.73 bits per heavy atom. The predicted molar refractivity (Wildman–Crippen MR) is 124 cm³/mol. The molecule has 1 aliphatic rings. The zero-order valence-corrected chi connectivity index (χ0v) is 20.1. The van der Waals surface area contributed by atoms with Crippen molar-refractivity contribution >= 4 is 28.7 Å². The monoisotopic (exact) mass is 529 g/mol. The van der Waals surface area contributed by atoms with E-state index in [0.717, 1.165) is 19.8 Å². The highest BCUT2D eigenvalue weighted by molar-refractivity contribution is 5.89. The number of hydrogen-bond acceptors (Lipinski definition) is 6. The number of pyridine rings is 1. The van der Waals surface area contributed by atoms with Crippen LogP contribution >= 0.6 is 0 Å². The maximum Gasteiger partial charge on any atom is 0.417 e. The first-order chi connectivity index (χ1) is 17.3. The van der Waals surface area contributed by atoms with Crippen LogP contribution in [0.25, 0.3) is 11.2 Å². The summed E-state index contributed by atoms with van der Waals surface area (Å²) in [5, 5.41) is 2.04. The van der Waals surface area contributed by atoms with Crippen LogP contribution in [0.4, 0.5) is 38.3 Å². The van der Waals surface area contributed by atoms with Crippen molar-refractivity contribution in [1.29, 1.82) is 0 Å². The first-order valence-corrected chi connectivity index (χ1v) is 11.1. The van der Waals surface area contributed by atoms with Gasteiger partial charge in [-0.05, 0) is 18.6 Å². The number of nitrogens with one attached hydrogen (secondary N) is 2. The highest BCUT2D eigenvalue weighted by atomic mass is 19.4. The Morgan fingerprint density at radius 1 is 1.35 bits per heavy atom. The molecule has 0 aliphatic carbocycles. The van der Waals surface area contributed by atoms with Gasteiger partial charge in [0.05, 0.1) is 24.9 Å². The third-order valence-corrected chi connectivity index (χ3v) is 6.10. The second-order valence-electron chi connectivity index (χ2n) is 8.77. The number of ether oxygens (including phenoxy) is 1. The minimum Gasteiger partial charge on any atom is -0.378 e. The fraction of sp³-hybridized carbons (Fsp3) is 0.455. The lowest BCUT2D eigenvalue weighted by Crippen LogP contribution is -2.59. The quantitative estimate of drug-likeness (QED) is 0.492. The minimum atomic E-state index is -4.77. The number of nitrogens with zero attached hydrogens (tertiary/aromatic N) is 5. The number of fused-ring (bicyclic) bond motifs is 1. The number of urea groups is 1. The molecule has 0 saturated carbocycles. The van der Waals surface area contributed by atoms with Crippen LogP contribution in [0.3, 0.4) is 0 Å². The molecule has 0 radical (unpaired) electrons. The van der Waals surface area contributed by atoms with Gasteiger partial charge in [0, 0.05) is 39.6 Å². The Labute approximate surface area is 207 Å². The van der Waals surface area contributed by atoms with Crippen LogP contribution in [0.2, 0.25) is 0 Å². The molecule has 10 nitrogen and oxygen atoms in total. The van der Waals surface area contributed by atoms with Crippen molar-refractivity contribution in [2.75, 3.05) is 37.5 Å². The van der Waals surface area contributed by atoms with E-state index < -0.39 is 47.5 Å². The average Bonchev–Trinajstić information content (AvgIpc) is 3.22. The Hall–Kier alpha value is -3.75. The number of hydrogen-bond donors (Lipinski definition) is 2. The molecule has 0 unspecified atom stereocenters. The van der Waals surface area contributed by atoms with Gasteiger partial charge in [0.2, 0.25) is 0 Å². The third kappa shape index (κ3) is 5.35. The van der Waals surface area contributed by atoms with Gasteiger partial charge in [-0.3, -0.25) is 4.79 Å². The Kier molecular flexibility index (Phi) is 6.83. The molecule has 200 valence electrons. The molecule has 0 aromatic carbocycles. The zero-order valence-electron chi connectivity index (χ0n) is 20.1. The summed E-state index contributed by atoms with van der Waals surface area (Å²) in [5.74, 6) is -3.17. The molecule has 4 rings (SSSR count). The number of methoxy groups -OCH3 is 1. The van der Waals surface area contributed by atoms with Gasteiger partial charge >= 0.3 is 12.2 Å². The average molecular weight is 529 g/mol. The molecule has 1 fully saturated rings. The summed E-state index contributed by atoms with van der Waals surface area (Å²) in [6, 6.07) is -0.525. The molecule has 1 saturated heterocycles. The Morgan fingerprint density at radius 2 is 2.08 bits per heavy atom. The predicted octanol–water partition coefficient (Wildman–Crippen LogP) is 3.20. The molecule has 1 aliphatic heterocycles. The molecule has 2 N–H and O–H groups in total. The molecule has 0 spiro atoms. The normalized spacial score (nSPS) is 17.7. The molecular formula is C22H24F5N7O3. The summed E-state index contributed by atoms with van der Waals surface area (Å²) in [6.45, 7) is -0.354. The van der Waals surface area contributed by atoms with Crippen molar-refractivity contribution in [3.8, 4) is 0 Å². The second-order valence-corrected chi connectivity index (χ2v) is 8.77. The van der Waals surface area contributed by atoms with E-state index in [-0.39, 0.29) is 18.8 Å². The summed E-state index contributed by atoms with van der Waals surface area (Å²) < 4.78 is 75.4. The van der Waals surface area contributed by atoms with E-state index in [2.05, 4.69) is 15.0 Å². The summed E-state index contributed by atoms with van der Waals surface area (Å²) in [6.07, 6.45) is -2.99. The number of aromatic amines is 1. The number of carbonyl (C=O) groups excluding carboxylic acids is 1. The lowest BCUT2D eigenvalue weighted by molar-refractivity contribution is -0.138. The number of aromatic nitrogens is 4. The standard InChI is InChI=1S/C22H24F5N7O3/c1-32-9-12(22(25,26)27)6-15(19(32)35)31-20(36)33(2)16-4-5-34(11-21(16,23)24)17-8-28-18-14(30-17)7-13(29-18)10-37-3/h6-9,16H,4-5,10-11H2,1-3H3,(H,28,29)(H,31,36)/t16-/m0/s1. The van der Waals surface area contributed by atoms with Gasteiger partial charge in [-0.1, -0.05) is 0 Å². The molecule has 3 aromatic rings. The van der Waals surface area contributed by atoms with Gasteiger partial charge in [0.15, 0.2) is 5.65 Å². The second kappa shape index (κ2) is 9.61. The maximum absolute atomic E-state index is 15.2. The molecule has 15 heteroatoms. The highest BCUT2D eigenvalue weighted by Crippen LogP contribution is 2.34. The Balaban J connectivity index is 1.49. The van der Waals surface area contributed by atoms with Crippen molar-refractivity contribution < 1.29 is 31.5 Å². The number of rotatable bonds is 5. The van der Waals surface area contributed by atoms with Crippen LogP contribution < -0.4 is 15.8 Å². The molecule has 0 bridgehead atoms. The van der Waals surface area contributed by atoms with E-state index in [1.54, 1.807) is 6.07 Å². The third-order valence-electron chi connectivity index (χ3n) is 6.10. The van der Waals surface area contributed by atoms with Crippen molar-refractivity contribution in [2.24, 2.45) is 7.05 Å². The highest BCUT2D eigenvalue weighted by Gasteiger charge is 2.48. The van der Waals surface area contributed by atoms with Crippen LogP contribution in [0, 0.1) is 0 Å². The molecule has 3 aromatic heterocycles. The van der Waals surface area contributed by atoms with Gasteiger partial charge in [-0.2, -0.15) is 13.2 Å². The van der Waals surface area contributed by atoms with E-state index in [4.69, 9.17) is 4.74 Å². The van der Waals surface area contributed by atoms with Crippen LogP contribution in [0.1, 0.15) is 17.7 Å². The van der Waals surface area contributed by atoms with Gasteiger partial charge in [0.1, 0.15) is 23.1 Å². The summed E-state index contributed by atoms with van der Waals surface area (Å²) in [5.41, 5.74) is -1.06. The SMILES string of the molecule is COCc1cc2nc(N3CC[C@H](N(C)C(=O)Nc4cc(C(F)(F)F)cn(C)c4=O)C(F)(F)C3)cnc2[nH]1. The smallest absolute Gasteiger partial charge is 0.378 e. The zero-order chi connectivity index (χ0) is 27.1. The van der Waals surface area contributed by atoms with E-state index in [1.807, 2.05) is 5.32 Å². The van der Waals surface area contributed by atoms with Crippen LogP contribution in [0.5, 0.6) is 0 Å². The number of amides is 2. The van der Waals surface area contributed by atoms with E-state index in [9.17, 15) is 22.8 Å². The van der Waals surface area contributed by atoms with Crippen molar-refractivity contribution in [3.63, 3.8) is 0 Å². The molecule has 2 amide bonds.